The van der Waals surface area contributed by atoms with Gasteiger partial charge in [-0.25, -0.2) is 4.98 Å². The summed E-state index contributed by atoms with van der Waals surface area (Å²) in [5, 5.41) is 3.18. The summed E-state index contributed by atoms with van der Waals surface area (Å²) in [4.78, 5) is 8.54. The number of rotatable bonds is 4. The van der Waals surface area contributed by atoms with Crippen LogP contribution in [0.3, 0.4) is 0 Å². The highest BCUT2D eigenvalue weighted by molar-refractivity contribution is 9.10. The number of hydrogen-bond donors (Lipinski definition) is 1. The minimum absolute atomic E-state index is 0.569. The topological polar surface area (TPSA) is 47.0 Å². The van der Waals surface area contributed by atoms with Crippen molar-refractivity contribution in [3.8, 4) is 5.88 Å². The molecular formula is C13H14BrN3O. The van der Waals surface area contributed by atoms with E-state index in [9.17, 15) is 0 Å². The zero-order valence-corrected chi connectivity index (χ0v) is 11.9. The van der Waals surface area contributed by atoms with Crippen LogP contribution >= 0.6 is 15.9 Å². The van der Waals surface area contributed by atoms with Crippen molar-refractivity contribution < 1.29 is 4.74 Å². The monoisotopic (exact) mass is 307 g/mol. The summed E-state index contributed by atoms with van der Waals surface area (Å²) >= 11 is 3.44. The summed E-state index contributed by atoms with van der Waals surface area (Å²) in [5.74, 6) is 1.14. The van der Waals surface area contributed by atoms with Crippen molar-refractivity contribution in [3.05, 3.63) is 46.1 Å². The van der Waals surface area contributed by atoms with Gasteiger partial charge >= 0.3 is 0 Å². The molecule has 0 saturated heterocycles. The Hall–Kier alpha value is -1.62. The van der Waals surface area contributed by atoms with Gasteiger partial charge in [-0.2, -0.15) is 4.98 Å². The lowest BCUT2D eigenvalue weighted by Crippen LogP contribution is -2.05. The van der Waals surface area contributed by atoms with Gasteiger partial charge in [0.1, 0.15) is 0 Å². The molecule has 0 atom stereocenters. The van der Waals surface area contributed by atoms with Gasteiger partial charge in [0, 0.05) is 22.8 Å². The van der Waals surface area contributed by atoms with Gasteiger partial charge < -0.3 is 10.1 Å². The van der Waals surface area contributed by atoms with E-state index in [-0.39, 0.29) is 0 Å². The Morgan fingerprint density at radius 1 is 1.28 bits per heavy atom. The molecule has 0 aliphatic heterocycles. The van der Waals surface area contributed by atoms with Gasteiger partial charge in [-0.3, -0.25) is 0 Å². The maximum Gasteiger partial charge on any atom is 0.226 e. The lowest BCUT2D eigenvalue weighted by Gasteiger charge is -2.07. The number of aryl methyl sites for hydroxylation is 1. The number of benzene rings is 1. The summed E-state index contributed by atoms with van der Waals surface area (Å²) in [6, 6.07) is 9.89. The van der Waals surface area contributed by atoms with Crippen LogP contribution in [0.5, 0.6) is 5.88 Å². The summed E-state index contributed by atoms with van der Waals surface area (Å²) in [6.07, 6.45) is 0. The Morgan fingerprint density at radius 3 is 2.83 bits per heavy atom. The van der Waals surface area contributed by atoms with Gasteiger partial charge in [-0.1, -0.05) is 28.1 Å². The maximum atomic E-state index is 5.11. The first kappa shape index (κ1) is 12.8. The Kier molecular flexibility index (Phi) is 4.15. The second kappa shape index (κ2) is 5.82. The summed E-state index contributed by atoms with van der Waals surface area (Å²) in [5.41, 5.74) is 2.03. The number of nitrogens with one attached hydrogen (secondary N) is 1. The zero-order chi connectivity index (χ0) is 13.0. The molecule has 5 heteroatoms. The molecule has 0 unspecified atom stereocenters. The fourth-order valence-electron chi connectivity index (χ4n) is 1.55. The Bertz CT molecular complexity index is 546. The van der Waals surface area contributed by atoms with Crippen molar-refractivity contribution in [1.29, 1.82) is 0 Å². The molecule has 0 radical (unpaired) electrons. The van der Waals surface area contributed by atoms with Crippen LogP contribution in [0.2, 0.25) is 0 Å². The smallest absolute Gasteiger partial charge is 0.226 e. The van der Waals surface area contributed by atoms with Crippen molar-refractivity contribution in [1.82, 2.24) is 9.97 Å². The molecule has 0 aliphatic rings. The number of aromatic nitrogens is 2. The van der Waals surface area contributed by atoms with Gasteiger partial charge in [0.25, 0.3) is 0 Å². The van der Waals surface area contributed by atoms with Gasteiger partial charge in [-0.05, 0) is 24.6 Å². The van der Waals surface area contributed by atoms with E-state index in [0.717, 1.165) is 15.7 Å². The quantitative estimate of drug-likeness (QED) is 0.942. The Balaban J connectivity index is 2.08. The van der Waals surface area contributed by atoms with E-state index in [0.29, 0.717) is 18.4 Å². The van der Waals surface area contributed by atoms with E-state index in [2.05, 4.69) is 37.3 Å². The number of anilines is 1. The van der Waals surface area contributed by atoms with Crippen LogP contribution in [-0.4, -0.2) is 17.1 Å². The highest BCUT2D eigenvalue weighted by Crippen LogP contribution is 2.14. The van der Waals surface area contributed by atoms with Crippen LogP contribution in [-0.2, 0) is 6.54 Å². The van der Waals surface area contributed by atoms with E-state index in [1.807, 2.05) is 25.1 Å². The third-order valence-electron chi connectivity index (χ3n) is 2.38. The summed E-state index contributed by atoms with van der Waals surface area (Å²) < 4.78 is 6.17. The molecule has 2 aromatic rings. The third kappa shape index (κ3) is 3.43. The van der Waals surface area contributed by atoms with Gasteiger partial charge in [-0.15, -0.1) is 0 Å². The predicted molar refractivity (Wildman–Crippen MR) is 74.8 cm³/mol. The number of ether oxygens (including phenoxy) is 1. The van der Waals surface area contributed by atoms with E-state index in [1.165, 1.54) is 0 Å². The van der Waals surface area contributed by atoms with Crippen molar-refractivity contribution in [2.75, 3.05) is 12.4 Å². The van der Waals surface area contributed by atoms with Gasteiger partial charge in [0.15, 0.2) is 0 Å². The first-order chi connectivity index (χ1) is 8.67. The standard InChI is InChI=1S/C13H14BrN3O/c1-9-6-12(18-2)17-13(16-9)15-8-10-4-3-5-11(14)7-10/h3-7H,8H2,1-2H3,(H,15,16,17). The van der Waals surface area contributed by atoms with E-state index in [4.69, 9.17) is 4.74 Å². The minimum atomic E-state index is 0.569. The molecule has 18 heavy (non-hydrogen) atoms. The largest absolute Gasteiger partial charge is 0.481 e. The summed E-state index contributed by atoms with van der Waals surface area (Å²) in [6.45, 7) is 2.58. The molecule has 0 spiro atoms. The van der Waals surface area contributed by atoms with Crippen LogP contribution in [0.1, 0.15) is 11.3 Å². The lowest BCUT2D eigenvalue weighted by molar-refractivity contribution is 0.397. The second-order valence-corrected chi connectivity index (χ2v) is 4.77. The molecule has 0 amide bonds. The fourth-order valence-corrected chi connectivity index (χ4v) is 2.00. The molecule has 0 fully saturated rings. The molecule has 1 N–H and O–H groups in total. The Morgan fingerprint density at radius 2 is 2.11 bits per heavy atom. The number of halogens is 1. The lowest BCUT2D eigenvalue weighted by atomic mass is 10.2. The molecular weight excluding hydrogens is 294 g/mol. The van der Waals surface area contributed by atoms with E-state index >= 15 is 0 Å². The average Bonchev–Trinajstić information content (AvgIpc) is 2.36. The van der Waals surface area contributed by atoms with E-state index < -0.39 is 0 Å². The molecule has 1 heterocycles. The summed E-state index contributed by atoms with van der Waals surface area (Å²) in [7, 11) is 1.60. The maximum absolute atomic E-state index is 5.11. The van der Waals surface area contributed by atoms with Crippen molar-refractivity contribution in [2.45, 2.75) is 13.5 Å². The minimum Gasteiger partial charge on any atom is -0.481 e. The molecule has 0 bridgehead atoms. The van der Waals surface area contributed by atoms with Gasteiger partial charge in [0.2, 0.25) is 11.8 Å². The van der Waals surface area contributed by atoms with Crippen LogP contribution in [0.25, 0.3) is 0 Å². The fraction of sp³-hybridized carbons (Fsp3) is 0.231. The average molecular weight is 308 g/mol. The van der Waals surface area contributed by atoms with Crippen LogP contribution in [0.4, 0.5) is 5.95 Å². The van der Waals surface area contributed by atoms with Crippen LogP contribution in [0.15, 0.2) is 34.8 Å². The SMILES string of the molecule is COc1cc(C)nc(NCc2cccc(Br)c2)n1. The zero-order valence-electron chi connectivity index (χ0n) is 10.3. The molecule has 0 aliphatic carbocycles. The molecule has 1 aromatic heterocycles. The second-order valence-electron chi connectivity index (χ2n) is 3.86. The molecule has 94 valence electrons. The van der Waals surface area contributed by atoms with Crippen LogP contribution in [0, 0.1) is 6.92 Å². The number of methoxy groups -OCH3 is 1. The normalized spacial score (nSPS) is 10.2. The van der Waals surface area contributed by atoms with Crippen LogP contribution < -0.4 is 10.1 Å². The van der Waals surface area contributed by atoms with Gasteiger partial charge in [0.05, 0.1) is 7.11 Å². The highest BCUT2D eigenvalue weighted by atomic mass is 79.9. The Labute approximate surface area is 115 Å². The van der Waals surface area contributed by atoms with E-state index in [1.54, 1.807) is 13.2 Å². The van der Waals surface area contributed by atoms with Crippen molar-refractivity contribution >= 4 is 21.9 Å². The number of hydrogen-bond acceptors (Lipinski definition) is 4. The predicted octanol–water partition coefficient (Wildman–Crippen LogP) is 3.17. The molecule has 2 rings (SSSR count). The molecule has 0 saturated carbocycles. The highest BCUT2D eigenvalue weighted by Gasteiger charge is 2.02. The third-order valence-corrected chi connectivity index (χ3v) is 2.87. The number of nitrogens with zero attached hydrogens (tertiary/aromatic N) is 2. The molecule has 4 nitrogen and oxygen atoms in total. The first-order valence-corrected chi connectivity index (χ1v) is 6.34. The molecule has 1 aromatic carbocycles. The van der Waals surface area contributed by atoms with Crippen molar-refractivity contribution in [2.24, 2.45) is 0 Å². The van der Waals surface area contributed by atoms with Crippen molar-refractivity contribution in [3.63, 3.8) is 0 Å². The first-order valence-electron chi connectivity index (χ1n) is 5.55.